The van der Waals surface area contributed by atoms with E-state index in [9.17, 15) is 9.59 Å². The molecule has 49 valence electrons. The summed E-state index contributed by atoms with van der Waals surface area (Å²) in [5.74, 6) is -0.367. The van der Waals surface area contributed by atoms with Crippen LogP contribution in [0.5, 0.6) is 0 Å². The maximum absolute atomic E-state index is 10.2. The quantitative estimate of drug-likeness (QED) is 0.481. The summed E-state index contributed by atoms with van der Waals surface area (Å²) in [4.78, 5) is 19.7. The molecule has 0 aromatic carbocycles. The first-order chi connectivity index (χ1) is 3.81. The monoisotopic (exact) mass is 204 g/mol. The van der Waals surface area contributed by atoms with Gasteiger partial charge in [-0.1, -0.05) is 0 Å². The Morgan fingerprint density at radius 1 is 1.67 bits per heavy atom. The summed E-state index contributed by atoms with van der Waals surface area (Å²) in [6, 6.07) is 0. The van der Waals surface area contributed by atoms with E-state index in [2.05, 4.69) is 4.74 Å². The Bertz CT molecular complexity index is 92.2. The SMILES string of the molecule is COC(=O)CC[C-]=O.[Y]. The minimum atomic E-state index is -0.367. The fraction of sp³-hybridized carbons (Fsp3) is 0.600. The van der Waals surface area contributed by atoms with Crippen molar-refractivity contribution in [3.8, 4) is 0 Å². The molecular formula is C5H7O3Y-. The van der Waals surface area contributed by atoms with Crippen LogP contribution in [0.15, 0.2) is 0 Å². The van der Waals surface area contributed by atoms with Gasteiger partial charge in [0.2, 0.25) is 0 Å². The van der Waals surface area contributed by atoms with Crippen molar-refractivity contribution in [2.45, 2.75) is 12.8 Å². The van der Waals surface area contributed by atoms with E-state index >= 15 is 0 Å². The predicted octanol–water partition coefficient (Wildman–Crippen LogP) is 0.0468. The molecule has 0 saturated heterocycles. The van der Waals surface area contributed by atoms with Gasteiger partial charge < -0.3 is 9.53 Å². The summed E-state index contributed by atoms with van der Waals surface area (Å²) in [6.45, 7) is 0. The Morgan fingerprint density at radius 2 is 2.22 bits per heavy atom. The van der Waals surface area contributed by atoms with E-state index in [0.717, 1.165) is 0 Å². The number of ether oxygens (including phenoxy) is 1. The smallest absolute Gasteiger partial charge is 0.303 e. The molecule has 0 N–H and O–H groups in total. The normalized spacial score (nSPS) is 7.22. The topological polar surface area (TPSA) is 43.4 Å². The van der Waals surface area contributed by atoms with Crippen molar-refractivity contribution in [1.82, 2.24) is 0 Å². The Hall–Kier alpha value is 0.244. The minimum absolute atomic E-state index is 0. The zero-order valence-corrected chi connectivity index (χ0v) is 8.05. The molecule has 0 atom stereocenters. The maximum Gasteiger partial charge on any atom is 0.303 e. The second-order valence-corrected chi connectivity index (χ2v) is 1.22. The molecule has 0 saturated carbocycles. The van der Waals surface area contributed by atoms with Crippen LogP contribution >= 0.6 is 0 Å². The van der Waals surface area contributed by atoms with Crippen LogP contribution in [0.4, 0.5) is 0 Å². The summed E-state index contributed by atoms with van der Waals surface area (Å²) in [6.07, 6.45) is 1.85. The molecule has 0 amide bonds. The minimum Gasteiger partial charge on any atom is -0.542 e. The fourth-order valence-electron chi connectivity index (χ4n) is 0.255. The van der Waals surface area contributed by atoms with E-state index < -0.39 is 0 Å². The third kappa shape index (κ3) is 8.24. The molecule has 1 radical (unpaired) electrons. The average Bonchev–Trinajstić information content (AvgIpc) is 1.83. The molecular weight excluding hydrogens is 197 g/mol. The molecule has 3 nitrogen and oxygen atoms in total. The van der Waals surface area contributed by atoms with Crippen LogP contribution in [-0.2, 0) is 47.0 Å². The number of rotatable bonds is 3. The van der Waals surface area contributed by atoms with Crippen molar-refractivity contribution >= 4 is 12.3 Å². The molecule has 0 aliphatic rings. The van der Waals surface area contributed by atoms with Gasteiger partial charge in [0, 0.05) is 39.1 Å². The van der Waals surface area contributed by atoms with Crippen LogP contribution in [0.2, 0.25) is 0 Å². The van der Waals surface area contributed by atoms with Crippen molar-refractivity contribution in [3.63, 3.8) is 0 Å². The zero-order valence-electron chi connectivity index (χ0n) is 5.22. The first-order valence-corrected chi connectivity index (χ1v) is 2.23. The van der Waals surface area contributed by atoms with Gasteiger partial charge in [-0.3, -0.25) is 11.1 Å². The number of esters is 1. The van der Waals surface area contributed by atoms with Crippen LogP contribution in [-0.4, -0.2) is 19.4 Å². The van der Waals surface area contributed by atoms with Gasteiger partial charge >= 0.3 is 5.97 Å². The van der Waals surface area contributed by atoms with Crippen molar-refractivity contribution in [2.75, 3.05) is 7.11 Å². The predicted molar refractivity (Wildman–Crippen MR) is 26.9 cm³/mol. The molecule has 0 aromatic heterocycles. The summed E-state index contributed by atoms with van der Waals surface area (Å²) in [5.41, 5.74) is 0. The molecule has 0 spiro atoms. The van der Waals surface area contributed by atoms with Crippen molar-refractivity contribution in [1.29, 1.82) is 0 Å². The van der Waals surface area contributed by atoms with Crippen LogP contribution in [0.1, 0.15) is 12.8 Å². The van der Waals surface area contributed by atoms with Gasteiger partial charge in [-0.25, -0.2) is 0 Å². The zero-order chi connectivity index (χ0) is 6.41. The number of carbonyl (C=O) groups excluding carboxylic acids is 2. The maximum atomic E-state index is 10.2. The summed E-state index contributed by atoms with van der Waals surface area (Å²) in [7, 11) is 1.28. The third-order valence-corrected chi connectivity index (χ3v) is 0.659. The van der Waals surface area contributed by atoms with Gasteiger partial charge in [0.25, 0.3) is 0 Å². The molecule has 0 aliphatic carbocycles. The molecule has 0 fully saturated rings. The molecule has 0 heterocycles. The Labute approximate surface area is 79.0 Å². The van der Waals surface area contributed by atoms with Gasteiger partial charge in [0.15, 0.2) is 0 Å². The fourth-order valence-corrected chi connectivity index (χ4v) is 0.255. The summed E-state index contributed by atoms with van der Waals surface area (Å²) >= 11 is 0. The molecule has 4 heteroatoms. The van der Waals surface area contributed by atoms with Crippen molar-refractivity contribution in [3.05, 3.63) is 0 Å². The molecule has 0 aliphatic heterocycles. The summed E-state index contributed by atoms with van der Waals surface area (Å²) in [5, 5.41) is 0. The standard InChI is InChI=1S/C5H7O3.Y/c1-8-5(7)3-2-4-6;/h2-3H2,1H3;/q-1;. The van der Waals surface area contributed by atoms with Crippen LogP contribution < -0.4 is 0 Å². The van der Waals surface area contributed by atoms with Crippen LogP contribution in [0, 0.1) is 0 Å². The Balaban J connectivity index is 0. The van der Waals surface area contributed by atoms with Crippen molar-refractivity contribution in [2.24, 2.45) is 0 Å². The van der Waals surface area contributed by atoms with Crippen molar-refractivity contribution < 1.29 is 47.0 Å². The number of carbonyl (C=O) groups is 1. The summed E-state index contributed by atoms with van der Waals surface area (Å²) < 4.78 is 4.23. The van der Waals surface area contributed by atoms with E-state index in [1.165, 1.54) is 7.11 Å². The molecule has 9 heavy (non-hydrogen) atoms. The van der Waals surface area contributed by atoms with Gasteiger partial charge in [0.05, 0.1) is 7.11 Å². The Kier molecular flexibility index (Phi) is 11.0. The van der Waals surface area contributed by atoms with E-state index in [0.29, 0.717) is 0 Å². The van der Waals surface area contributed by atoms with E-state index in [1.54, 1.807) is 6.29 Å². The molecule has 0 rings (SSSR count). The largest absolute Gasteiger partial charge is 0.542 e. The van der Waals surface area contributed by atoms with Gasteiger partial charge in [-0.2, -0.15) is 0 Å². The number of hydrogen-bond donors (Lipinski definition) is 0. The van der Waals surface area contributed by atoms with E-state index in [4.69, 9.17) is 0 Å². The molecule has 0 aromatic rings. The third-order valence-electron chi connectivity index (χ3n) is 0.659. The van der Waals surface area contributed by atoms with Crippen LogP contribution in [0.3, 0.4) is 0 Å². The number of methoxy groups -OCH3 is 1. The average molecular weight is 204 g/mol. The van der Waals surface area contributed by atoms with Gasteiger partial charge in [0.1, 0.15) is 0 Å². The first kappa shape index (κ1) is 12.0. The molecule has 0 unspecified atom stereocenters. The van der Waals surface area contributed by atoms with E-state index in [-0.39, 0.29) is 51.5 Å². The second kappa shape index (κ2) is 8.24. The second-order valence-electron chi connectivity index (χ2n) is 1.22. The molecule has 0 bridgehead atoms. The first-order valence-electron chi connectivity index (χ1n) is 2.23. The van der Waals surface area contributed by atoms with Gasteiger partial charge in [-0.15, -0.1) is 6.42 Å². The van der Waals surface area contributed by atoms with Crippen LogP contribution in [0.25, 0.3) is 0 Å². The Morgan fingerprint density at radius 3 is 2.56 bits per heavy atom. The van der Waals surface area contributed by atoms with Gasteiger partial charge in [-0.05, 0) is 0 Å². The van der Waals surface area contributed by atoms with E-state index in [1.807, 2.05) is 0 Å². The number of hydrogen-bond acceptors (Lipinski definition) is 3.